The maximum Gasteiger partial charge on any atom is 0.190 e. The maximum absolute atomic E-state index is 5.86. The molecular formula is C10H14ClN3S. The number of aromatic nitrogens is 2. The normalized spacial score (nSPS) is 12.2. The largest absolute Gasteiger partial charge is 0.367 e. The molecule has 1 aromatic heterocycles. The Morgan fingerprint density at radius 1 is 1.67 bits per heavy atom. The van der Waals surface area contributed by atoms with Crippen molar-refractivity contribution < 1.29 is 0 Å². The number of halogens is 1. The molecule has 0 radical (unpaired) electrons. The van der Waals surface area contributed by atoms with E-state index in [1.54, 1.807) is 6.07 Å². The van der Waals surface area contributed by atoms with Gasteiger partial charge in [-0.1, -0.05) is 29.4 Å². The number of nitrogens with zero attached hydrogens (tertiary/aromatic N) is 2. The fourth-order valence-corrected chi connectivity index (χ4v) is 1.74. The molecule has 1 aromatic rings. The van der Waals surface area contributed by atoms with Crippen LogP contribution in [0.1, 0.15) is 13.3 Å². The van der Waals surface area contributed by atoms with Gasteiger partial charge in [-0.05, 0) is 19.6 Å². The van der Waals surface area contributed by atoms with E-state index < -0.39 is 0 Å². The summed E-state index contributed by atoms with van der Waals surface area (Å²) in [5, 5.41) is 4.38. The zero-order valence-electron chi connectivity index (χ0n) is 8.83. The molecule has 0 bridgehead atoms. The summed E-state index contributed by atoms with van der Waals surface area (Å²) < 4.78 is 0. The lowest BCUT2D eigenvalue weighted by atomic mass is 10.2. The van der Waals surface area contributed by atoms with E-state index >= 15 is 0 Å². The summed E-state index contributed by atoms with van der Waals surface area (Å²) in [4.78, 5) is 8.36. The summed E-state index contributed by atoms with van der Waals surface area (Å²) >= 11 is 7.34. The smallest absolute Gasteiger partial charge is 0.190 e. The summed E-state index contributed by atoms with van der Waals surface area (Å²) in [6, 6.07) is 2.02. The van der Waals surface area contributed by atoms with Crippen molar-refractivity contribution in [3.63, 3.8) is 0 Å². The van der Waals surface area contributed by atoms with Gasteiger partial charge in [-0.2, -0.15) is 0 Å². The first-order valence-electron chi connectivity index (χ1n) is 4.61. The van der Waals surface area contributed by atoms with Crippen molar-refractivity contribution in [2.24, 2.45) is 0 Å². The van der Waals surface area contributed by atoms with Crippen LogP contribution < -0.4 is 5.32 Å². The topological polar surface area (TPSA) is 37.8 Å². The molecule has 0 aliphatic rings. The Kier molecular flexibility index (Phi) is 4.91. The van der Waals surface area contributed by atoms with Crippen LogP contribution in [0.2, 0.25) is 5.15 Å². The zero-order valence-corrected chi connectivity index (χ0v) is 10.4. The number of nitrogens with one attached hydrogen (secondary N) is 1. The minimum atomic E-state index is 0.295. The minimum Gasteiger partial charge on any atom is -0.367 e. The monoisotopic (exact) mass is 243 g/mol. The van der Waals surface area contributed by atoms with E-state index in [0.717, 1.165) is 12.2 Å². The van der Waals surface area contributed by atoms with Gasteiger partial charge in [-0.3, -0.25) is 0 Å². The van der Waals surface area contributed by atoms with E-state index in [1.165, 1.54) is 11.8 Å². The van der Waals surface area contributed by atoms with Crippen LogP contribution in [0.5, 0.6) is 0 Å². The van der Waals surface area contributed by atoms with Crippen molar-refractivity contribution in [2.75, 3.05) is 11.6 Å². The molecule has 0 fully saturated rings. The lowest BCUT2D eigenvalue weighted by molar-refractivity contribution is 0.799. The zero-order chi connectivity index (χ0) is 11.3. The molecule has 1 atom stereocenters. The van der Waals surface area contributed by atoms with Crippen molar-refractivity contribution in [1.29, 1.82) is 0 Å². The average Bonchev–Trinajstić information content (AvgIpc) is 2.17. The molecule has 0 amide bonds. The van der Waals surface area contributed by atoms with Crippen LogP contribution in [-0.2, 0) is 0 Å². The molecule has 0 aliphatic carbocycles. The van der Waals surface area contributed by atoms with Crippen molar-refractivity contribution in [3.8, 4) is 0 Å². The van der Waals surface area contributed by atoms with Crippen molar-refractivity contribution in [3.05, 3.63) is 23.9 Å². The molecule has 0 saturated carbocycles. The fraction of sp³-hybridized carbons (Fsp3) is 0.400. The molecular weight excluding hydrogens is 230 g/mol. The summed E-state index contributed by atoms with van der Waals surface area (Å²) in [5.74, 6) is 0.758. The van der Waals surface area contributed by atoms with Crippen molar-refractivity contribution >= 4 is 29.2 Å². The number of thioether (sulfide) groups is 1. The van der Waals surface area contributed by atoms with Gasteiger partial charge in [0.1, 0.15) is 11.0 Å². The van der Waals surface area contributed by atoms with Crippen LogP contribution in [0, 0.1) is 0 Å². The Morgan fingerprint density at radius 2 is 2.40 bits per heavy atom. The Labute approximate surface area is 99.3 Å². The van der Waals surface area contributed by atoms with E-state index in [4.69, 9.17) is 11.6 Å². The van der Waals surface area contributed by atoms with Crippen LogP contribution in [-0.4, -0.2) is 22.3 Å². The molecule has 1 rings (SSSR count). The second kappa shape index (κ2) is 5.98. The summed E-state index contributed by atoms with van der Waals surface area (Å²) in [6.07, 6.45) is 4.68. The number of hydrogen-bond acceptors (Lipinski definition) is 4. The number of anilines is 1. The Morgan fingerprint density at radius 3 is 3.00 bits per heavy atom. The quantitative estimate of drug-likeness (QED) is 0.373. The lowest BCUT2D eigenvalue weighted by Crippen LogP contribution is -2.15. The molecule has 1 N–H and O–H groups in total. The van der Waals surface area contributed by atoms with Gasteiger partial charge in [0.25, 0.3) is 0 Å². The van der Waals surface area contributed by atoms with Gasteiger partial charge >= 0.3 is 0 Å². The molecule has 0 saturated heterocycles. The molecule has 1 heterocycles. The molecule has 0 spiro atoms. The first kappa shape index (κ1) is 12.3. The van der Waals surface area contributed by atoms with Gasteiger partial charge in [0.2, 0.25) is 0 Å². The molecule has 15 heavy (non-hydrogen) atoms. The maximum atomic E-state index is 5.86. The summed E-state index contributed by atoms with van der Waals surface area (Å²) in [5.41, 5.74) is 0. The highest BCUT2D eigenvalue weighted by Gasteiger charge is 2.04. The minimum absolute atomic E-state index is 0.295. The van der Waals surface area contributed by atoms with Crippen LogP contribution in [0.3, 0.4) is 0 Å². The van der Waals surface area contributed by atoms with E-state index in [1.807, 2.05) is 12.3 Å². The van der Waals surface area contributed by atoms with E-state index in [9.17, 15) is 0 Å². The highest BCUT2D eigenvalue weighted by atomic mass is 35.5. The molecule has 0 aromatic carbocycles. The Bertz CT molecular complexity index is 343. The van der Waals surface area contributed by atoms with Crippen LogP contribution in [0.15, 0.2) is 23.9 Å². The van der Waals surface area contributed by atoms with E-state index in [-0.39, 0.29) is 0 Å². The van der Waals surface area contributed by atoms with E-state index in [0.29, 0.717) is 16.4 Å². The first-order chi connectivity index (χ1) is 7.15. The third kappa shape index (κ3) is 4.10. The van der Waals surface area contributed by atoms with Gasteiger partial charge in [-0.15, -0.1) is 6.58 Å². The Balaban J connectivity index is 2.75. The fourth-order valence-electron chi connectivity index (χ4n) is 1.12. The predicted molar refractivity (Wildman–Crippen MR) is 66.7 cm³/mol. The first-order valence-corrected chi connectivity index (χ1v) is 6.22. The number of rotatable bonds is 5. The Hall–Kier alpha value is -0.740. The molecule has 3 nitrogen and oxygen atoms in total. The highest BCUT2D eigenvalue weighted by molar-refractivity contribution is 7.98. The molecule has 82 valence electrons. The third-order valence-electron chi connectivity index (χ3n) is 1.77. The lowest BCUT2D eigenvalue weighted by Gasteiger charge is -2.12. The van der Waals surface area contributed by atoms with Gasteiger partial charge in [0.15, 0.2) is 5.16 Å². The van der Waals surface area contributed by atoms with E-state index in [2.05, 4.69) is 28.8 Å². The predicted octanol–water partition coefficient (Wildman–Crippen LogP) is 3.23. The molecule has 1 unspecified atom stereocenters. The van der Waals surface area contributed by atoms with Crippen molar-refractivity contribution in [1.82, 2.24) is 9.97 Å². The second-order valence-corrected chi connectivity index (χ2v) is 4.29. The standard InChI is InChI=1S/C10H14ClN3S/c1-4-5-7(2)12-9-6-8(11)13-10(14-9)15-3/h4,6-7H,1,5H2,2-3H3,(H,12,13,14). The SMILES string of the molecule is C=CCC(C)Nc1cc(Cl)nc(SC)n1. The van der Waals surface area contributed by atoms with Crippen LogP contribution in [0.25, 0.3) is 0 Å². The average molecular weight is 244 g/mol. The molecule has 0 aliphatic heterocycles. The number of hydrogen-bond donors (Lipinski definition) is 1. The van der Waals surface area contributed by atoms with Gasteiger partial charge < -0.3 is 5.32 Å². The summed E-state index contributed by atoms with van der Waals surface area (Å²) in [7, 11) is 0. The van der Waals surface area contributed by atoms with Crippen LogP contribution in [0.4, 0.5) is 5.82 Å². The van der Waals surface area contributed by atoms with Gasteiger partial charge in [0, 0.05) is 12.1 Å². The van der Waals surface area contributed by atoms with Crippen molar-refractivity contribution in [2.45, 2.75) is 24.5 Å². The molecule has 5 heteroatoms. The highest BCUT2D eigenvalue weighted by Crippen LogP contribution is 2.18. The van der Waals surface area contributed by atoms with Gasteiger partial charge in [0.05, 0.1) is 0 Å². The van der Waals surface area contributed by atoms with Crippen LogP contribution >= 0.6 is 23.4 Å². The summed E-state index contributed by atoms with van der Waals surface area (Å²) in [6.45, 7) is 5.76. The third-order valence-corrected chi connectivity index (χ3v) is 2.51. The van der Waals surface area contributed by atoms with Gasteiger partial charge in [-0.25, -0.2) is 9.97 Å². The second-order valence-electron chi connectivity index (χ2n) is 3.13.